The average molecular weight is 593 g/mol. The van der Waals surface area contributed by atoms with Gasteiger partial charge in [0.05, 0.1) is 0 Å². The van der Waals surface area contributed by atoms with E-state index in [1.807, 2.05) is 48.5 Å². The maximum Gasteiger partial charge on any atom is 0.333 e. The van der Waals surface area contributed by atoms with Gasteiger partial charge in [0.2, 0.25) is 0 Å². The summed E-state index contributed by atoms with van der Waals surface area (Å²) in [7, 11) is 0. The van der Waals surface area contributed by atoms with Gasteiger partial charge in [0, 0.05) is 28.5 Å². The molecule has 0 bridgehead atoms. The van der Waals surface area contributed by atoms with Crippen molar-refractivity contribution in [2.24, 2.45) is 0 Å². The highest BCUT2D eigenvalue weighted by molar-refractivity contribution is 5.86. The fourth-order valence-electron chi connectivity index (χ4n) is 4.76. The van der Waals surface area contributed by atoms with Crippen molar-refractivity contribution >= 4 is 11.9 Å². The molecule has 0 atom stereocenters. The molecule has 0 N–H and O–H groups in total. The monoisotopic (exact) mass is 592 g/mol. The first-order chi connectivity index (χ1) is 21.2. The highest BCUT2D eigenvalue weighted by Gasteiger charge is 2.26. The zero-order chi connectivity index (χ0) is 31.5. The number of benzene rings is 4. The fourth-order valence-corrected chi connectivity index (χ4v) is 4.76. The topological polar surface area (TPSA) is 71.1 Å². The number of carbonyl (C=O) groups is 2. The van der Waals surface area contributed by atoms with Gasteiger partial charge in [-0.2, -0.15) is 0 Å². The summed E-state index contributed by atoms with van der Waals surface area (Å²) < 4.78 is 22.6. The number of carbonyl (C=O) groups excluding carboxylic acids is 2. The predicted octanol–water partition coefficient (Wildman–Crippen LogP) is 8.18. The quantitative estimate of drug-likeness (QED) is 0.0836. The van der Waals surface area contributed by atoms with E-state index >= 15 is 0 Å². The number of hydrogen-bond acceptors (Lipinski definition) is 6. The van der Waals surface area contributed by atoms with Crippen molar-refractivity contribution in [3.05, 3.63) is 120 Å². The Morgan fingerprint density at radius 2 is 1.11 bits per heavy atom. The van der Waals surface area contributed by atoms with E-state index < -0.39 is 5.97 Å². The van der Waals surface area contributed by atoms with Crippen molar-refractivity contribution < 1.29 is 28.5 Å². The lowest BCUT2D eigenvalue weighted by Gasteiger charge is -2.28. The molecule has 4 aromatic carbocycles. The first-order valence-electron chi connectivity index (χ1n) is 14.8. The van der Waals surface area contributed by atoms with Gasteiger partial charge in [-0.25, -0.2) is 4.79 Å². The first kappa shape index (κ1) is 32.1. The largest absolute Gasteiger partial charge is 0.489 e. The Morgan fingerprint density at radius 3 is 1.55 bits per heavy atom. The predicted molar refractivity (Wildman–Crippen MR) is 174 cm³/mol. The van der Waals surface area contributed by atoms with E-state index in [1.165, 1.54) is 0 Å². The smallest absolute Gasteiger partial charge is 0.333 e. The van der Waals surface area contributed by atoms with Crippen LogP contribution in [0.2, 0.25) is 0 Å². The summed E-state index contributed by atoms with van der Waals surface area (Å²) in [6.45, 7) is 12.2. The number of ether oxygens (including phenoxy) is 4. The van der Waals surface area contributed by atoms with Gasteiger partial charge in [0.1, 0.15) is 37.9 Å². The van der Waals surface area contributed by atoms with Gasteiger partial charge >= 0.3 is 11.9 Å². The normalized spacial score (nSPS) is 11.0. The summed E-state index contributed by atoms with van der Waals surface area (Å²) >= 11 is 0. The summed E-state index contributed by atoms with van der Waals surface area (Å²) in [6.07, 6.45) is 0.336. The van der Waals surface area contributed by atoms with Crippen LogP contribution in [0.1, 0.15) is 45.2 Å². The minimum Gasteiger partial charge on any atom is -0.489 e. The van der Waals surface area contributed by atoms with Gasteiger partial charge in [-0.05, 0) is 53.4 Å². The Hall–Kier alpha value is -4.84. The van der Waals surface area contributed by atoms with E-state index in [4.69, 9.17) is 18.9 Å². The second-order valence-electron chi connectivity index (χ2n) is 11.0. The van der Waals surface area contributed by atoms with Crippen LogP contribution in [0.25, 0.3) is 22.3 Å². The lowest BCUT2D eigenvalue weighted by atomic mass is 9.76. The second kappa shape index (κ2) is 15.1. The minimum atomic E-state index is -0.430. The summed E-state index contributed by atoms with van der Waals surface area (Å²) in [5.74, 6) is 0.760. The molecule has 0 aliphatic rings. The Balaban J connectivity index is 1.64. The molecule has 4 aromatic rings. The fraction of sp³-hybridized carbons (Fsp3) is 0.263. The van der Waals surface area contributed by atoms with E-state index in [-0.39, 0.29) is 37.8 Å². The zero-order valence-electron chi connectivity index (χ0n) is 25.9. The number of hydrogen-bond donors (Lipinski definition) is 0. The van der Waals surface area contributed by atoms with E-state index in [9.17, 15) is 9.59 Å². The van der Waals surface area contributed by atoms with Crippen LogP contribution in [0.4, 0.5) is 0 Å². The van der Waals surface area contributed by atoms with Crippen LogP contribution in [0.5, 0.6) is 11.5 Å². The Bertz CT molecular complexity index is 1570. The van der Waals surface area contributed by atoms with Crippen LogP contribution in [-0.4, -0.2) is 38.4 Å². The van der Waals surface area contributed by atoms with Gasteiger partial charge in [0.25, 0.3) is 0 Å². The SMILES string of the molecule is C=C(C)C(=O)OCCOc1ccc(C(C)(C)c2ccc(OCCOC(=O)CC)c(-c3ccccc3)c2)cc1-c1ccccc1. The third-order valence-electron chi connectivity index (χ3n) is 7.39. The molecule has 0 heterocycles. The highest BCUT2D eigenvalue weighted by Crippen LogP contribution is 2.41. The van der Waals surface area contributed by atoms with E-state index in [0.717, 1.165) is 39.1 Å². The van der Waals surface area contributed by atoms with E-state index in [2.05, 4.69) is 69.0 Å². The number of esters is 2. The highest BCUT2D eigenvalue weighted by atomic mass is 16.6. The maximum absolute atomic E-state index is 11.8. The Kier molecular flexibility index (Phi) is 11.0. The molecule has 0 saturated heterocycles. The van der Waals surface area contributed by atoms with Gasteiger partial charge < -0.3 is 18.9 Å². The minimum absolute atomic E-state index is 0.130. The van der Waals surface area contributed by atoms with Crippen molar-refractivity contribution in [2.45, 2.75) is 39.5 Å². The van der Waals surface area contributed by atoms with Crippen molar-refractivity contribution in [1.29, 1.82) is 0 Å². The molecule has 4 rings (SSSR count). The van der Waals surface area contributed by atoms with Crippen LogP contribution < -0.4 is 9.47 Å². The van der Waals surface area contributed by atoms with Crippen molar-refractivity contribution in [3.63, 3.8) is 0 Å². The van der Waals surface area contributed by atoms with Crippen molar-refractivity contribution in [2.75, 3.05) is 26.4 Å². The van der Waals surface area contributed by atoms with Gasteiger partial charge in [0.15, 0.2) is 0 Å². The molecule has 0 saturated carbocycles. The molecule has 6 heteroatoms. The Labute approximate surface area is 260 Å². The van der Waals surface area contributed by atoms with Crippen molar-refractivity contribution in [3.8, 4) is 33.8 Å². The summed E-state index contributed by atoms with van der Waals surface area (Å²) in [4.78, 5) is 23.3. The molecule has 0 unspecified atom stereocenters. The molecule has 44 heavy (non-hydrogen) atoms. The molecule has 0 aromatic heterocycles. The zero-order valence-corrected chi connectivity index (χ0v) is 25.9. The molecule has 6 nitrogen and oxygen atoms in total. The molecular formula is C38H40O6. The summed E-state index contributed by atoms with van der Waals surface area (Å²) in [5, 5.41) is 0. The Morgan fingerprint density at radius 1 is 0.659 bits per heavy atom. The third kappa shape index (κ3) is 8.16. The van der Waals surface area contributed by atoms with Crippen LogP contribution in [0, 0.1) is 0 Å². The number of rotatable bonds is 14. The molecular weight excluding hydrogens is 552 g/mol. The third-order valence-corrected chi connectivity index (χ3v) is 7.39. The van der Waals surface area contributed by atoms with Crippen LogP contribution in [0.15, 0.2) is 109 Å². The summed E-state index contributed by atoms with van der Waals surface area (Å²) in [5.41, 5.74) is 6.17. The molecule has 0 radical (unpaired) electrons. The molecule has 228 valence electrons. The van der Waals surface area contributed by atoms with Gasteiger partial charge in [-0.1, -0.05) is 100 Å². The standard InChI is InChI=1S/C38H40O6/c1-6-36(39)43-23-21-41-34-19-17-30(25-32(34)28-13-9-7-10-14-28)38(4,5)31-18-20-35(42-22-24-44-37(40)27(2)3)33(26-31)29-15-11-8-12-16-29/h7-20,25-26H,2,6,21-24H2,1,3-5H3. The lowest BCUT2D eigenvalue weighted by molar-refractivity contribution is -0.144. The van der Waals surface area contributed by atoms with Gasteiger partial charge in [-0.15, -0.1) is 0 Å². The van der Waals surface area contributed by atoms with Crippen molar-refractivity contribution in [1.82, 2.24) is 0 Å². The molecule has 0 amide bonds. The van der Waals surface area contributed by atoms with Crippen LogP contribution >= 0.6 is 0 Å². The molecule has 0 fully saturated rings. The first-order valence-corrected chi connectivity index (χ1v) is 14.8. The summed E-state index contributed by atoms with van der Waals surface area (Å²) in [6, 6.07) is 32.7. The van der Waals surface area contributed by atoms with E-state index in [1.54, 1.807) is 13.8 Å². The van der Waals surface area contributed by atoms with E-state index in [0.29, 0.717) is 17.7 Å². The van der Waals surface area contributed by atoms with Crippen LogP contribution in [0.3, 0.4) is 0 Å². The van der Waals surface area contributed by atoms with Crippen LogP contribution in [-0.2, 0) is 24.5 Å². The van der Waals surface area contributed by atoms with Gasteiger partial charge in [-0.3, -0.25) is 4.79 Å². The lowest BCUT2D eigenvalue weighted by Crippen LogP contribution is -2.19. The maximum atomic E-state index is 11.8. The molecule has 0 aliphatic carbocycles. The average Bonchev–Trinajstić information content (AvgIpc) is 3.05. The second-order valence-corrected chi connectivity index (χ2v) is 11.0. The molecule has 0 spiro atoms. The molecule has 0 aliphatic heterocycles.